The number of nitrogens with one attached hydrogen (secondary N) is 1. The van der Waals surface area contributed by atoms with Crippen LogP contribution in [0.5, 0.6) is 5.75 Å². The summed E-state index contributed by atoms with van der Waals surface area (Å²) in [6.45, 7) is 5.41. The number of benzene rings is 1. The lowest BCUT2D eigenvalue weighted by Gasteiger charge is -2.13. The lowest BCUT2D eigenvalue weighted by Crippen LogP contribution is -2.25. The van der Waals surface area contributed by atoms with Crippen LogP contribution in [0.3, 0.4) is 0 Å². The Morgan fingerprint density at radius 3 is 3.06 bits per heavy atom. The molecule has 3 heteroatoms. The molecule has 1 fully saturated rings. The molecule has 1 aliphatic heterocycles. The Labute approximate surface area is 103 Å². The second kappa shape index (κ2) is 6.62. The van der Waals surface area contributed by atoms with E-state index in [9.17, 15) is 0 Å². The van der Waals surface area contributed by atoms with Gasteiger partial charge in [0.1, 0.15) is 5.75 Å². The van der Waals surface area contributed by atoms with Crippen LogP contribution in [0.25, 0.3) is 0 Å². The topological polar surface area (TPSA) is 30.5 Å². The largest absolute Gasteiger partial charge is 0.494 e. The molecule has 1 aromatic carbocycles. The van der Waals surface area contributed by atoms with Gasteiger partial charge in [-0.05, 0) is 25.8 Å². The van der Waals surface area contributed by atoms with Crippen molar-refractivity contribution in [2.24, 2.45) is 0 Å². The van der Waals surface area contributed by atoms with Crippen LogP contribution in [0.2, 0.25) is 0 Å². The van der Waals surface area contributed by atoms with Gasteiger partial charge in [0.2, 0.25) is 0 Å². The molecule has 17 heavy (non-hydrogen) atoms. The third-order valence-electron chi connectivity index (χ3n) is 2.98. The third kappa shape index (κ3) is 3.72. The van der Waals surface area contributed by atoms with E-state index in [-0.39, 0.29) is 0 Å². The Balaban J connectivity index is 1.80. The van der Waals surface area contributed by atoms with Crippen LogP contribution in [0, 0.1) is 0 Å². The minimum absolute atomic E-state index is 0.397. The molecule has 0 saturated carbocycles. The summed E-state index contributed by atoms with van der Waals surface area (Å²) in [5.41, 5.74) is 1.22. The lowest BCUT2D eigenvalue weighted by molar-refractivity contribution is 0.110. The van der Waals surface area contributed by atoms with Crippen molar-refractivity contribution in [3.8, 4) is 5.75 Å². The monoisotopic (exact) mass is 235 g/mol. The van der Waals surface area contributed by atoms with Crippen molar-refractivity contribution < 1.29 is 9.47 Å². The second-order valence-electron chi connectivity index (χ2n) is 4.31. The summed E-state index contributed by atoms with van der Waals surface area (Å²) in [7, 11) is 0. The van der Waals surface area contributed by atoms with Crippen molar-refractivity contribution in [3.05, 3.63) is 29.8 Å². The molecule has 1 heterocycles. The molecule has 0 spiro atoms. The molecule has 2 rings (SSSR count). The van der Waals surface area contributed by atoms with Gasteiger partial charge in [0.05, 0.1) is 12.7 Å². The zero-order valence-corrected chi connectivity index (χ0v) is 10.4. The van der Waals surface area contributed by atoms with Crippen molar-refractivity contribution in [1.29, 1.82) is 0 Å². The van der Waals surface area contributed by atoms with E-state index in [0.717, 1.165) is 25.4 Å². The smallest absolute Gasteiger partial charge is 0.123 e. The van der Waals surface area contributed by atoms with Gasteiger partial charge in [-0.1, -0.05) is 18.2 Å². The minimum atomic E-state index is 0.397. The van der Waals surface area contributed by atoms with Crippen molar-refractivity contribution in [3.63, 3.8) is 0 Å². The Morgan fingerprint density at radius 1 is 1.41 bits per heavy atom. The minimum Gasteiger partial charge on any atom is -0.494 e. The fourth-order valence-electron chi connectivity index (χ4n) is 2.12. The third-order valence-corrected chi connectivity index (χ3v) is 2.98. The van der Waals surface area contributed by atoms with Crippen molar-refractivity contribution in [2.45, 2.75) is 32.4 Å². The number of para-hydroxylation sites is 1. The summed E-state index contributed by atoms with van der Waals surface area (Å²) in [4.78, 5) is 0. The summed E-state index contributed by atoms with van der Waals surface area (Å²) >= 11 is 0. The van der Waals surface area contributed by atoms with Gasteiger partial charge in [0.25, 0.3) is 0 Å². The lowest BCUT2D eigenvalue weighted by atomic mass is 10.2. The van der Waals surface area contributed by atoms with Crippen LogP contribution < -0.4 is 10.1 Å². The van der Waals surface area contributed by atoms with Gasteiger partial charge in [-0.15, -0.1) is 0 Å². The standard InChI is InChI=1S/C14H21NO2/c1-2-16-14-8-4-3-6-12(14)10-15-11-13-7-5-9-17-13/h3-4,6,8,13,15H,2,5,7,9-11H2,1H3/t13-/m1/s1. The molecule has 0 aliphatic carbocycles. The summed E-state index contributed by atoms with van der Waals surface area (Å²) in [5.74, 6) is 0.981. The molecule has 1 aromatic rings. The number of ether oxygens (including phenoxy) is 2. The molecule has 94 valence electrons. The van der Waals surface area contributed by atoms with Gasteiger partial charge >= 0.3 is 0 Å². The fraction of sp³-hybridized carbons (Fsp3) is 0.571. The molecule has 3 nitrogen and oxygen atoms in total. The van der Waals surface area contributed by atoms with Crippen LogP contribution in [0.15, 0.2) is 24.3 Å². The van der Waals surface area contributed by atoms with E-state index in [1.807, 2.05) is 25.1 Å². The summed E-state index contributed by atoms with van der Waals surface area (Å²) in [6.07, 6.45) is 2.77. The zero-order chi connectivity index (χ0) is 11.9. The van der Waals surface area contributed by atoms with Gasteiger partial charge < -0.3 is 14.8 Å². The van der Waals surface area contributed by atoms with E-state index < -0.39 is 0 Å². The van der Waals surface area contributed by atoms with Crippen LogP contribution in [-0.4, -0.2) is 25.9 Å². The number of hydrogen-bond acceptors (Lipinski definition) is 3. The highest BCUT2D eigenvalue weighted by Crippen LogP contribution is 2.18. The van der Waals surface area contributed by atoms with Gasteiger partial charge in [-0.25, -0.2) is 0 Å². The van der Waals surface area contributed by atoms with Crippen LogP contribution in [0.4, 0.5) is 0 Å². The van der Waals surface area contributed by atoms with Gasteiger partial charge in [-0.2, -0.15) is 0 Å². The van der Waals surface area contributed by atoms with Crippen molar-refractivity contribution >= 4 is 0 Å². The first-order valence-corrected chi connectivity index (χ1v) is 6.43. The molecule has 0 bridgehead atoms. The molecule has 1 atom stereocenters. The van der Waals surface area contributed by atoms with E-state index in [2.05, 4.69) is 11.4 Å². The highest BCUT2D eigenvalue weighted by Gasteiger charge is 2.14. The maximum Gasteiger partial charge on any atom is 0.123 e. The highest BCUT2D eigenvalue weighted by atomic mass is 16.5. The summed E-state index contributed by atoms with van der Waals surface area (Å²) < 4.78 is 11.2. The molecule has 0 amide bonds. The predicted molar refractivity (Wildman–Crippen MR) is 68.3 cm³/mol. The van der Waals surface area contributed by atoms with Gasteiger partial charge in [0, 0.05) is 25.3 Å². The first-order valence-electron chi connectivity index (χ1n) is 6.43. The van der Waals surface area contributed by atoms with Crippen LogP contribution in [-0.2, 0) is 11.3 Å². The van der Waals surface area contributed by atoms with Crippen LogP contribution >= 0.6 is 0 Å². The molecule has 1 aliphatic rings. The molecule has 1 saturated heterocycles. The Bertz CT molecular complexity index is 335. The molecule has 0 radical (unpaired) electrons. The maximum absolute atomic E-state index is 5.59. The van der Waals surface area contributed by atoms with E-state index in [4.69, 9.17) is 9.47 Å². The Hall–Kier alpha value is -1.06. The van der Waals surface area contributed by atoms with E-state index in [1.54, 1.807) is 0 Å². The summed E-state index contributed by atoms with van der Waals surface area (Å²) in [6, 6.07) is 8.18. The fourth-order valence-corrected chi connectivity index (χ4v) is 2.12. The molecule has 1 N–H and O–H groups in total. The van der Waals surface area contributed by atoms with Crippen LogP contribution in [0.1, 0.15) is 25.3 Å². The van der Waals surface area contributed by atoms with Crippen molar-refractivity contribution in [2.75, 3.05) is 19.8 Å². The Kier molecular flexibility index (Phi) is 4.83. The zero-order valence-electron chi connectivity index (χ0n) is 10.4. The number of rotatable bonds is 6. The molecular weight excluding hydrogens is 214 g/mol. The number of hydrogen-bond donors (Lipinski definition) is 1. The molecule has 0 aromatic heterocycles. The normalized spacial score (nSPS) is 19.5. The van der Waals surface area contributed by atoms with Gasteiger partial charge in [0.15, 0.2) is 0 Å². The quantitative estimate of drug-likeness (QED) is 0.821. The summed E-state index contributed by atoms with van der Waals surface area (Å²) in [5, 5.41) is 3.44. The van der Waals surface area contributed by atoms with Gasteiger partial charge in [-0.3, -0.25) is 0 Å². The average molecular weight is 235 g/mol. The maximum atomic E-state index is 5.59. The first-order chi connectivity index (χ1) is 8.40. The predicted octanol–water partition coefficient (Wildman–Crippen LogP) is 2.35. The van der Waals surface area contributed by atoms with E-state index >= 15 is 0 Å². The SMILES string of the molecule is CCOc1ccccc1CNC[C@H]1CCCO1. The van der Waals surface area contributed by atoms with E-state index in [0.29, 0.717) is 12.7 Å². The Morgan fingerprint density at radius 2 is 2.29 bits per heavy atom. The van der Waals surface area contributed by atoms with Crippen molar-refractivity contribution in [1.82, 2.24) is 5.32 Å². The average Bonchev–Trinajstić information content (AvgIpc) is 2.85. The first kappa shape index (κ1) is 12.4. The van der Waals surface area contributed by atoms with E-state index in [1.165, 1.54) is 18.4 Å². The highest BCUT2D eigenvalue weighted by molar-refractivity contribution is 5.33. The molecular formula is C14H21NO2. The molecule has 0 unspecified atom stereocenters. The second-order valence-corrected chi connectivity index (χ2v) is 4.31.